The lowest BCUT2D eigenvalue weighted by Crippen LogP contribution is -2.32. The van der Waals surface area contributed by atoms with Crippen LogP contribution in [0.1, 0.15) is 24.3 Å². The van der Waals surface area contributed by atoms with Gasteiger partial charge in [-0.2, -0.15) is 0 Å². The summed E-state index contributed by atoms with van der Waals surface area (Å²) in [6.07, 6.45) is 1.53. The van der Waals surface area contributed by atoms with Gasteiger partial charge in [-0.25, -0.2) is 4.98 Å². The minimum atomic E-state index is -0.108. The molecular weight excluding hydrogens is 238 g/mol. The second-order valence-corrected chi connectivity index (χ2v) is 4.52. The Morgan fingerprint density at radius 1 is 1.32 bits per heavy atom. The number of hydrogen-bond acceptors (Lipinski definition) is 3. The number of hydrogen-bond donors (Lipinski definition) is 0. The lowest BCUT2D eigenvalue weighted by Gasteiger charge is -2.20. The van der Waals surface area contributed by atoms with Gasteiger partial charge in [0.25, 0.3) is 5.91 Å². The molecular formula is C15H17N3O. The van der Waals surface area contributed by atoms with Crippen LogP contribution in [0.5, 0.6) is 0 Å². The van der Waals surface area contributed by atoms with Gasteiger partial charge < -0.3 is 4.90 Å². The van der Waals surface area contributed by atoms with Gasteiger partial charge in [-0.1, -0.05) is 24.3 Å². The molecule has 4 heteroatoms. The van der Waals surface area contributed by atoms with Gasteiger partial charge in [0, 0.05) is 13.1 Å². The van der Waals surface area contributed by atoms with E-state index < -0.39 is 0 Å². The number of carbonyl (C=O) groups excluding carboxylic acids is 1. The fourth-order valence-electron chi connectivity index (χ4n) is 1.88. The maximum Gasteiger partial charge on any atom is 0.274 e. The number of likely N-dealkylation sites (N-methyl/N-ethyl adjacent to an activating group) is 1. The van der Waals surface area contributed by atoms with E-state index >= 15 is 0 Å². The van der Waals surface area contributed by atoms with Gasteiger partial charge in [-0.15, -0.1) is 0 Å². The van der Waals surface area contributed by atoms with E-state index in [1.807, 2.05) is 38.1 Å². The number of rotatable bonds is 4. The molecule has 4 nitrogen and oxygen atoms in total. The standard InChI is InChI=1S/C15H17N3O/c1-4-18(10-11(2)3)15(19)14-9-16-12-7-5-6-8-13(12)17-14/h5-9H,2,4,10H2,1,3H3. The van der Waals surface area contributed by atoms with E-state index in [1.54, 1.807) is 4.90 Å². The number of fused-ring (bicyclic) bond motifs is 1. The number of carbonyl (C=O) groups is 1. The van der Waals surface area contributed by atoms with Crippen LogP contribution >= 0.6 is 0 Å². The Hall–Kier alpha value is -2.23. The summed E-state index contributed by atoms with van der Waals surface area (Å²) in [6, 6.07) is 7.52. The van der Waals surface area contributed by atoms with Crippen molar-refractivity contribution in [2.45, 2.75) is 13.8 Å². The molecule has 0 unspecified atom stereocenters. The first-order chi connectivity index (χ1) is 9.11. The molecule has 2 rings (SSSR count). The van der Waals surface area contributed by atoms with Crippen LogP contribution in [0.2, 0.25) is 0 Å². The molecule has 0 spiro atoms. The Kier molecular flexibility index (Phi) is 3.90. The lowest BCUT2D eigenvalue weighted by molar-refractivity contribution is 0.0772. The smallest absolute Gasteiger partial charge is 0.274 e. The summed E-state index contributed by atoms with van der Waals surface area (Å²) < 4.78 is 0. The first-order valence-corrected chi connectivity index (χ1v) is 6.27. The number of aromatic nitrogens is 2. The molecule has 1 aromatic heterocycles. The van der Waals surface area contributed by atoms with Gasteiger partial charge in [0.15, 0.2) is 0 Å². The molecule has 0 aliphatic heterocycles. The number of amides is 1. The van der Waals surface area contributed by atoms with E-state index in [-0.39, 0.29) is 5.91 Å². The van der Waals surface area contributed by atoms with E-state index in [9.17, 15) is 4.79 Å². The molecule has 0 atom stereocenters. The Balaban J connectivity index is 2.32. The maximum atomic E-state index is 12.3. The zero-order valence-corrected chi connectivity index (χ0v) is 11.3. The van der Waals surface area contributed by atoms with Crippen molar-refractivity contribution >= 4 is 16.9 Å². The number of para-hydroxylation sites is 2. The first-order valence-electron chi connectivity index (χ1n) is 6.27. The fourth-order valence-corrected chi connectivity index (χ4v) is 1.88. The van der Waals surface area contributed by atoms with Crippen molar-refractivity contribution in [3.05, 3.63) is 48.3 Å². The Labute approximate surface area is 112 Å². The van der Waals surface area contributed by atoms with Gasteiger partial charge in [-0.3, -0.25) is 9.78 Å². The molecule has 0 radical (unpaired) electrons. The van der Waals surface area contributed by atoms with Crippen molar-refractivity contribution < 1.29 is 4.79 Å². The molecule has 19 heavy (non-hydrogen) atoms. The van der Waals surface area contributed by atoms with Gasteiger partial charge >= 0.3 is 0 Å². The van der Waals surface area contributed by atoms with Crippen LogP contribution in [0.25, 0.3) is 11.0 Å². The molecule has 0 saturated heterocycles. The van der Waals surface area contributed by atoms with E-state index in [0.29, 0.717) is 18.8 Å². The zero-order valence-electron chi connectivity index (χ0n) is 11.3. The summed E-state index contributed by atoms with van der Waals surface area (Å²) in [6.45, 7) is 8.85. The van der Waals surface area contributed by atoms with E-state index in [1.165, 1.54) is 6.20 Å². The summed E-state index contributed by atoms with van der Waals surface area (Å²) in [7, 11) is 0. The molecule has 0 aliphatic rings. The van der Waals surface area contributed by atoms with Crippen LogP contribution in [-0.4, -0.2) is 33.9 Å². The Morgan fingerprint density at radius 3 is 2.63 bits per heavy atom. The molecule has 0 fully saturated rings. The number of nitrogens with zero attached hydrogens (tertiary/aromatic N) is 3. The summed E-state index contributed by atoms with van der Waals surface area (Å²) in [4.78, 5) is 22.7. The van der Waals surface area contributed by atoms with E-state index in [4.69, 9.17) is 0 Å². The van der Waals surface area contributed by atoms with Crippen LogP contribution in [0.15, 0.2) is 42.6 Å². The van der Waals surface area contributed by atoms with Gasteiger partial charge in [-0.05, 0) is 26.0 Å². The van der Waals surface area contributed by atoms with Crippen LogP contribution in [0, 0.1) is 0 Å². The van der Waals surface area contributed by atoms with Crippen molar-refractivity contribution in [1.29, 1.82) is 0 Å². The second-order valence-electron chi connectivity index (χ2n) is 4.52. The van der Waals surface area contributed by atoms with E-state index in [0.717, 1.165) is 16.6 Å². The molecule has 0 N–H and O–H groups in total. The van der Waals surface area contributed by atoms with Gasteiger partial charge in [0.2, 0.25) is 0 Å². The highest BCUT2D eigenvalue weighted by Gasteiger charge is 2.16. The van der Waals surface area contributed by atoms with E-state index in [2.05, 4.69) is 16.5 Å². The largest absolute Gasteiger partial charge is 0.334 e. The molecule has 98 valence electrons. The maximum absolute atomic E-state index is 12.3. The minimum Gasteiger partial charge on any atom is -0.334 e. The highest BCUT2D eigenvalue weighted by molar-refractivity contribution is 5.93. The topological polar surface area (TPSA) is 46.1 Å². The van der Waals surface area contributed by atoms with Crippen LogP contribution in [0.3, 0.4) is 0 Å². The van der Waals surface area contributed by atoms with Crippen molar-refractivity contribution in [3.8, 4) is 0 Å². The van der Waals surface area contributed by atoms with Crippen LogP contribution in [0.4, 0.5) is 0 Å². The summed E-state index contributed by atoms with van der Waals surface area (Å²) in [5.41, 5.74) is 2.85. The van der Waals surface area contributed by atoms with Crippen molar-refractivity contribution in [2.24, 2.45) is 0 Å². The van der Waals surface area contributed by atoms with Crippen molar-refractivity contribution in [1.82, 2.24) is 14.9 Å². The molecule has 0 bridgehead atoms. The van der Waals surface area contributed by atoms with Crippen LogP contribution in [-0.2, 0) is 0 Å². The predicted octanol–water partition coefficient (Wildman–Crippen LogP) is 2.67. The zero-order chi connectivity index (χ0) is 13.8. The third-order valence-corrected chi connectivity index (χ3v) is 2.80. The summed E-state index contributed by atoms with van der Waals surface area (Å²) in [5.74, 6) is -0.108. The minimum absolute atomic E-state index is 0.108. The lowest BCUT2D eigenvalue weighted by atomic mass is 10.2. The highest BCUT2D eigenvalue weighted by atomic mass is 16.2. The SMILES string of the molecule is C=C(C)CN(CC)C(=O)c1cnc2ccccc2n1. The molecule has 1 amide bonds. The molecule has 1 heterocycles. The van der Waals surface area contributed by atoms with Crippen molar-refractivity contribution in [3.63, 3.8) is 0 Å². The second kappa shape index (κ2) is 5.61. The fraction of sp³-hybridized carbons (Fsp3) is 0.267. The summed E-state index contributed by atoms with van der Waals surface area (Å²) >= 11 is 0. The molecule has 0 aliphatic carbocycles. The summed E-state index contributed by atoms with van der Waals surface area (Å²) in [5, 5.41) is 0. The highest BCUT2D eigenvalue weighted by Crippen LogP contribution is 2.10. The quantitative estimate of drug-likeness (QED) is 0.789. The Morgan fingerprint density at radius 2 is 2.00 bits per heavy atom. The average Bonchev–Trinajstić information content (AvgIpc) is 2.43. The molecule has 0 saturated carbocycles. The van der Waals surface area contributed by atoms with Crippen molar-refractivity contribution in [2.75, 3.05) is 13.1 Å². The molecule has 2 aromatic rings. The van der Waals surface area contributed by atoms with Gasteiger partial charge in [0.05, 0.1) is 17.2 Å². The monoisotopic (exact) mass is 255 g/mol. The Bertz CT molecular complexity index is 622. The van der Waals surface area contributed by atoms with Gasteiger partial charge in [0.1, 0.15) is 5.69 Å². The average molecular weight is 255 g/mol. The molecule has 1 aromatic carbocycles. The third kappa shape index (κ3) is 2.96. The third-order valence-electron chi connectivity index (χ3n) is 2.80. The van der Waals surface area contributed by atoms with Crippen LogP contribution < -0.4 is 0 Å². The first kappa shape index (κ1) is 13.2. The normalized spacial score (nSPS) is 10.4. The number of benzene rings is 1. The predicted molar refractivity (Wildman–Crippen MR) is 75.9 cm³/mol.